The number of nitrogens with zero attached hydrogens (tertiary/aromatic N) is 1. The standard InChI is InChI=1S/C39H60N2O6/c1-4-6-8-10-12-14-25-41(26-15-13-11-9-7-5-2)28-35-30(3)38(32-21-19-31(29-42)20-22-32)47-39(46-35)33-17-16-18-34(27-33)40-36(43)23-24-37(44)45/h16-22,27,30,35,38-39,42H,4-15,23-26,28-29H2,1-3H3,(H,40,43)(H,44,45)/t30-,35+,38+,39+/m1/s1. The third-order valence-electron chi connectivity index (χ3n) is 9.23. The molecule has 2 aromatic rings. The summed E-state index contributed by atoms with van der Waals surface area (Å²) in [5.41, 5.74) is 3.28. The van der Waals surface area contributed by atoms with Gasteiger partial charge in [-0.3, -0.25) is 9.59 Å². The Morgan fingerprint density at radius 2 is 1.40 bits per heavy atom. The molecule has 4 atom stereocenters. The van der Waals surface area contributed by atoms with Crippen molar-refractivity contribution in [1.82, 2.24) is 4.90 Å². The number of unbranched alkanes of at least 4 members (excludes halogenated alkanes) is 10. The number of carboxylic acid groups (broad SMARTS) is 1. The zero-order chi connectivity index (χ0) is 33.9. The van der Waals surface area contributed by atoms with Gasteiger partial charge in [-0.15, -0.1) is 0 Å². The highest BCUT2D eigenvalue weighted by atomic mass is 16.7. The van der Waals surface area contributed by atoms with Gasteiger partial charge in [-0.1, -0.05) is 121 Å². The minimum Gasteiger partial charge on any atom is -0.481 e. The second-order valence-electron chi connectivity index (χ2n) is 13.2. The first-order valence-corrected chi connectivity index (χ1v) is 18.2. The Bertz CT molecular complexity index is 1160. The van der Waals surface area contributed by atoms with Crippen molar-refractivity contribution >= 4 is 17.6 Å². The molecule has 8 nitrogen and oxygen atoms in total. The van der Waals surface area contributed by atoms with Crippen molar-refractivity contribution in [2.75, 3.05) is 25.0 Å². The van der Waals surface area contributed by atoms with Crippen molar-refractivity contribution in [1.29, 1.82) is 0 Å². The molecule has 1 saturated heterocycles. The van der Waals surface area contributed by atoms with E-state index < -0.39 is 12.3 Å². The fraction of sp³-hybridized carbons (Fsp3) is 0.641. The van der Waals surface area contributed by atoms with Gasteiger partial charge in [0.25, 0.3) is 0 Å². The molecule has 0 spiro atoms. The van der Waals surface area contributed by atoms with Gasteiger partial charge in [0.15, 0.2) is 6.29 Å². The lowest BCUT2D eigenvalue weighted by molar-refractivity contribution is -0.276. The molecule has 0 aliphatic carbocycles. The van der Waals surface area contributed by atoms with Crippen LogP contribution in [0.25, 0.3) is 0 Å². The first-order valence-electron chi connectivity index (χ1n) is 18.2. The fourth-order valence-electron chi connectivity index (χ4n) is 6.32. The Labute approximate surface area is 283 Å². The largest absolute Gasteiger partial charge is 0.481 e. The van der Waals surface area contributed by atoms with E-state index in [0.29, 0.717) is 5.69 Å². The molecule has 0 radical (unpaired) electrons. The van der Waals surface area contributed by atoms with E-state index in [1.165, 1.54) is 77.0 Å². The van der Waals surface area contributed by atoms with Gasteiger partial charge in [0.1, 0.15) is 0 Å². The molecule has 47 heavy (non-hydrogen) atoms. The number of hydrogen-bond donors (Lipinski definition) is 3. The Kier molecular flexibility index (Phi) is 18.1. The smallest absolute Gasteiger partial charge is 0.303 e. The van der Waals surface area contributed by atoms with E-state index in [1.54, 1.807) is 6.07 Å². The van der Waals surface area contributed by atoms with Crippen molar-refractivity contribution in [2.24, 2.45) is 5.92 Å². The molecule has 0 aromatic heterocycles. The van der Waals surface area contributed by atoms with E-state index in [0.717, 1.165) is 36.3 Å². The molecule has 1 fully saturated rings. The van der Waals surface area contributed by atoms with Crippen LogP contribution in [0, 0.1) is 5.92 Å². The van der Waals surface area contributed by atoms with Crippen LogP contribution in [0.3, 0.4) is 0 Å². The summed E-state index contributed by atoms with van der Waals surface area (Å²) in [6, 6.07) is 15.4. The number of carbonyl (C=O) groups excluding carboxylic acids is 1. The van der Waals surface area contributed by atoms with Gasteiger partial charge < -0.3 is 29.9 Å². The highest BCUT2D eigenvalue weighted by molar-refractivity contribution is 5.92. The van der Waals surface area contributed by atoms with Crippen molar-refractivity contribution in [3.8, 4) is 0 Å². The Morgan fingerprint density at radius 3 is 2.00 bits per heavy atom. The van der Waals surface area contributed by atoms with Gasteiger partial charge in [-0.05, 0) is 49.2 Å². The zero-order valence-electron chi connectivity index (χ0n) is 29.1. The van der Waals surface area contributed by atoms with Crippen LogP contribution in [-0.4, -0.2) is 52.7 Å². The lowest BCUT2D eigenvalue weighted by Gasteiger charge is -2.43. The van der Waals surface area contributed by atoms with E-state index >= 15 is 0 Å². The fourth-order valence-corrected chi connectivity index (χ4v) is 6.32. The lowest BCUT2D eigenvalue weighted by Crippen LogP contribution is -2.45. The number of carboxylic acids is 1. The van der Waals surface area contributed by atoms with Crippen molar-refractivity contribution in [2.45, 2.75) is 136 Å². The van der Waals surface area contributed by atoms with Crippen LogP contribution < -0.4 is 5.32 Å². The van der Waals surface area contributed by atoms with E-state index in [-0.39, 0.29) is 43.5 Å². The first kappa shape index (κ1) is 38.7. The minimum absolute atomic E-state index is 0.00740. The summed E-state index contributed by atoms with van der Waals surface area (Å²) in [5.74, 6) is -1.26. The van der Waals surface area contributed by atoms with E-state index in [9.17, 15) is 14.7 Å². The van der Waals surface area contributed by atoms with Crippen LogP contribution in [0.2, 0.25) is 0 Å². The van der Waals surface area contributed by atoms with Crippen LogP contribution in [0.15, 0.2) is 48.5 Å². The summed E-state index contributed by atoms with van der Waals surface area (Å²) in [4.78, 5) is 25.9. The number of hydrogen-bond acceptors (Lipinski definition) is 6. The molecule has 1 aliphatic heterocycles. The molecule has 0 saturated carbocycles. The quantitative estimate of drug-likeness (QED) is 0.103. The van der Waals surface area contributed by atoms with Crippen molar-refractivity contribution < 1.29 is 29.3 Å². The van der Waals surface area contributed by atoms with Crippen LogP contribution in [0.5, 0.6) is 0 Å². The average Bonchev–Trinajstić information content (AvgIpc) is 3.07. The van der Waals surface area contributed by atoms with Gasteiger partial charge in [0, 0.05) is 30.1 Å². The minimum atomic E-state index is -1.00. The van der Waals surface area contributed by atoms with Crippen LogP contribution >= 0.6 is 0 Å². The molecule has 3 rings (SSSR count). The summed E-state index contributed by atoms with van der Waals surface area (Å²) in [5, 5.41) is 21.4. The maximum atomic E-state index is 12.4. The summed E-state index contributed by atoms with van der Waals surface area (Å²) >= 11 is 0. The number of nitrogens with one attached hydrogen (secondary N) is 1. The molecule has 8 heteroatoms. The maximum Gasteiger partial charge on any atom is 0.303 e. The monoisotopic (exact) mass is 652 g/mol. The van der Waals surface area contributed by atoms with E-state index in [2.05, 4.69) is 31.0 Å². The second kappa shape index (κ2) is 22.0. The van der Waals surface area contributed by atoms with Crippen LogP contribution in [0.1, 0.15) is 140 Å². The van der Waals surface area contributed by atoms with Crippen molar-refractivity contribution in [3.05, 3.63) is 65.2 Å². The number of carbonyl (C=O) groups is 2. The predicted octanol–water partition coefficient (Wildman–Crippen LogP) is 8.80. The number of aliphatic hydroxyl groups excluding tert-OH is 1. The van der Waals surface area contributed by atoms with Crippen molar-refractivity contribution in [3.63, 3.8) is 0 Å². The topological polar surface area (TPSA) is 108 Å². The highest BCUT2D eigenvalue weighted by Crippen LogP contribution is 2.42. The van der Waals surface area contributed by atoms with Gasteiger partial charge in [-0.25, -0.2) is 0 Å². The molecule has 0 unspecified atom stereocenters. The molecule has 2 aromatic carbocycles. The molecule has 1 aliphatic rings. The van der Waals surface area contributed by atoms with Gasteiger partial charge in [0.2, 0.25) is 5.91 Å². The average molecular weight is 653 g/mol. The summed E-state index contributed by atoms with van der Waals surface area (Å²) in [7, 11) is 0. The summed E-state index contributed by atoms with van der Waals surface area (Å²) in [6.45, 7) is 9.66. The first-order chi connectivity index (χ1) is 22.8. The normalized spacial score (nSPS) is 19.6. The molecular weight excluding hydrogens is 592 g/mol. The zero-order valence-corrected chi connectivity index (χ0v) is 29.1. The molecule has 1 amide bonds. The van der Waals surface area contributed by atoms with Crippen LogP contribution in [-0.2, 0) is 25.7 Å². The molecule has 1 heterocycles. The van der Waals surface area contributed by atoms with Crippen LogP contribution in [0.4, 0.5) is 5.69 Å². The van der Waals surface area contributed by atoms with Gasteiger partial charge >= 0.3 is 5.97 Å². The third-order valence-corrected chi connectivity index (χ3v) is 9.23. The molecule has 262 valence electrons. The van der Waals surface area contributed by atoms with Gasteiger partial charge in [-0.2, -0.15) is 0 Å². The molecule has 0 bridgehead atoms. The number of aliphatic hydroxyl groups is 1. The Balaban J connectivity index is 1.79. The molecule has 3 N–H and O–H groups in total. The third kappa shape index (κ3) is 14.1. The number of aliphatic carboxylic acids is 1. The predicted molar refractivity (Wildman–Crippen MR) is 188 cm³/mol. The SMILES string of the molecule is CCCCCCCCN(CCCCCCCC)C[C@@H]1O[C@H](c2cccc(NC(=O)CCC(=O)O)c2)O[C@H](c2ccc(CO)cc2)[C@@H]1C. The number of rotatable bonds is 23. The summed E-state index contributed by atoms with van der Waals surface area (Å²) < 4.78 is 13.4. The Hall–Kier alpha value is -2.78. The van der Waals surface area contributed by atoms with Gasteiger partial charge in [0.05, 0.1) is 25.2 Å². The number of anilines is 1. The number of benzene rings is 2. The Morgan fingerprint density at radius 1 is 0.787 bits per heavy atom. The number of ether oxygens (including phenoxy) is 2. The highest BCUT2D eigenvalue weighted by Gasteiger charge is 2.39. The lowest BCUT2D eigenvalue weighted by atomic mass is 9.90. The molecular formula is C39H60N2O6. The van der Waals surface area contributed by atoms with E-state index in [1.807, 2.05) is 42.5 Å². The summed E-state index contributed by atoms with van der Waals surface area (Å²) in [6.07, 6.45) is 14.0. The maximum absolute atomic E-state index is 12.4. The van der Waals surface area contributed by atoms with E-state index in [4.69, 9.17) is 14.6 Å². The second-order valence-corrected chi connectivity index (χ2v) is 13.2. The number of amides is 1.